The fourth-order valence-corrected chi connectivity index (χ4v) is 6.31. The van der Waals surface area contributed by atoms with Gasteiger partial charge in [-0.05, 0) is 55.7 Å². The second-order valence-corrected chi connectivity index (χ2v) is 12.1. The number of anilines is 1. The Morgan fingerprint density at radius 2 is 1.36 bits per heavy atom. The van der Waals surface area contributed by atoms with Gasteiger partial charge < -0.3 is 10.2 Å². The minimum Gasteiger partial charge on any atom is -0.355 e. The molecule has 218 valence electrons. The van der Waals surface area contributed by atoms with Gasteiger partial charge in [-0.1, -0.05) is 96.6 Å². The summed E-state index contributed by atoms with van der Waals surface area (Å²) >= 11 is 0. The molecule has 0 aromatic heterocycles. The quantitative estimate of drug-likeness (QED) is 0.246. The van der Waals surface area contributed by atoms with Crippen LogP contribution in [0.5, 0.6) is 0 Å². The maximum absolute atomic E-state index is 14.4. The molecule has 4 aromatic rings. The lowest BCUT2D eigenvalue weighted by atomic mass is 10.0. The smallest absolute Gasteiger partial charge is 0.264 e. The summed E-state index contributed by atoms with van der Waals surface area (Å²) < 4.78 is 29.2. The predicted octanol–water partition coefficient (Wildman–Crippen LogP) is 5.27. The summed E-state index contributed by atoms with van der Waals surface area (Å²) in [5, 5.41) is 2.88. The fraction of sp³-hybridized carbons (Fsp3) is 0.235. The molecule has 0 unspecified atom stereocenters. The van der Waals surface area contributed by atoms with Crippen LogP contribution in [0.4, 0.5) is 5.69 Å². The lowest BCUT2D eigenvalue weighted by Crippen LogP contribution is -2.53. The Morgan fingerprint density at radius 1 is 0.762 bits per heavy atom. The van der Waals surface area contributed by atoms with Gasteiger partial charge in [0.25, 0.3) is 10.0 Å². The maximum atomic E-state index is 14.4. The number of nitrogens with one attached hydrogen (secondary N) is 1. The van der Waals surface area contributed by atoms with Crippen LogP contribution in [0.15, 0.2) is 114 Å². The number of hydrogen-bond donors (Lipinski definition) is 1. The molecule has 0 aliphatic rings. The van der Waals surface area contributed by atoms with Crippen LogP contribution in [0.2, 0.25) is 0 Å². The van der Waals surface area contributed by atoms with Crippen LogP contribution < -0.4 is 9.62 Å². The molecule has 4 rings (SSSR count). The lowest BCUT2D eigenvalue weighted by Gasteiger charge is -2.34. The monoisotopic (exact) mass is 583 g/mol. The number of nitrogens with zero attached hydrogens (tertiary/aromatic N) is 2. The molecule has 0 aliphatic heterocycles. The molecule has 7 nitrogen and oxygen atoms in total. The van der Waals surface area contributed by atoms with E-state index in [4.69, 9.17) is 0 Å². The Labute approximate surface area is 248 Å². The SMILES string of the molecule is CCNC(=O)[C@@H](Cc1ccccc1)N(Cc1ccc(C)cc1)C(=O)CN(c1ccccc1C)S(=O)(=O)c1ccccc1. The summed E-state index contributed by atoms with van der Waals surface area (Å²) in [7, 11) is -4.11. The number of carbonyl (C=O) groups excluding carboxylic acids is 2. The molecule has 0 radical (unpaired) electrons. The summed E-state index contributed by atoms with van der Waals surface area (Å²) in [4.78, 5) is 29.5. The van der Waals surface area contributed by atoms with E-state index in [0.717, 1.165) is 21.0 Å². The van der Waals surface area contributed by atoms with Crippen LogP contribution in [-0.2, 0) is 32.6 Å². The number of likely N-dealkylation sites (N-methyl/N-ethyl adjacent to an activating group) is 1. The van der Waals surface area contributed by atoms with Gasteiger partial charge in [0, 0.05) is 19.5 Å². The molecule has 1 N–H and O–H groups in total. The molecular weight excluding hydrogens is 546 g/mol. The van der Waals surface area contributed by atoms with E-state index in [1.807, 2.05) is 87.5 Å². The first-order chi connectivity index (χ1) is 20.2. The maximum Gasteiger partial charge on any atom is 0.264 e. The van der Waals surface area contributed by atoms with E-state index < -0.39 is 28.5 Å². The second-order valence-electron chi connectivity index (χ2n) is 10.2. The van der Waals surface area contributed by atoms with Crippen molar-refractivity contribution in [3.8, 4) is 0 Å². The number of benzene rings is 4. The van der Waals surface area contributed by atoms with E-state index in [2.05, 4.69) is 5.32 Å². The summed E-state index contributed by atoms with van der Waals surface area (Å²) in [6.07, 6.45) is 0.278. The first-order valence-electron chi connectivity index (χ1n) is 14.0. The third kappa shape index (κ3) is 7.44. The van der Waals surface area contributed by atoms with E-state index in [0.29, 0.717) is 17.8 Å². The third-order valence-electron chi connectivity index (χ3n) is 7.09. The Kier molecular flexibility index (Phi) is 10.1. The molecule has 8 heteroatoms. The van der Waals surface area contributed by atoms with Crippen LogP contribution in [0.25, 0.3) is 0 Å². The number of carbonyl (C=O) groups is 2. The Morgan fingerprint density at radius 3 is 1.98 bits per heavy atom. The van der Waals surface area contributed by atoms with Gasteiger partial charge in [0.1, 0.15) is 12.6 Å². The number of amides is 2. The molecule has 42 heavy (non-hydrogen) atoms. The molecule has 0 saturated carbocycles. The Balaban J connectivity index is 1.79. The van der Waals surface area contributed by atoms with Crippen LogP contribution >= 0.6 is 0 Å². The second kappa shape index (κ2) is 14.0. The highest BCUT2D eigenvalue weighted by Crippen LogP contribution is 2.27. The molecule has 0 heterocycles. The molecule has 0 saturated heterocycles. The summed E-state index contributed by atoms with van der Waals surface area (Å²) in [5.41, 5.74) is 3.91. The lowest BCUT2D eigenvalue weighted by molar-refractivity contribution is -0.140. The van der Waals surface area contributed by atoms with Gasteiger partial charge in [0.05, 0.1) is 10.6 Å². The van der Waals surface area contributed by atoms with Crippen molar-refractivity contribution < 1.29 is 18.0 Å². The zero-order valence-electron chi connectivity index (χ0n) is 24.2. The van der Waals surface area contributed by atoms with Crippen molar-refractivity contribution in [3.05, 3.63) is 131 Å². The van der Waals surface area contributed by atoms with Gasteiger partial charge in [0.2, 0.25) is 11.8 Å². The van der Waals surface area contributed by atoms with Crippen molar-refractivity contribution in [1.82, 2.24) is 10.2 Å². The highest BCUT2D eigenvalue weighted by molar-refractivity contribution is 7.92. The molecule has 0 fully saturated rings. The van der Waals surface area contributed by atoms with Crippen molar-refractivity contribution in [2.24, 2.45) is 0 Å². The van der Waals surface area contributed by atoms with Crippen LogP contribution in [0.1, 0.15) is 29.2 Å². The number of aryl methyl sites for hydroxylation is 2. The minimum absolute atomic E-state index is 0.0794. The zero-order chi connectivity index (χ0) is 30.1. The standard InChI is InChI=1S/C34H37N3O4S/c1-4-35-34(39)32(23-28-14-7-5-8-15-28)36(24-29-21-19-26(2)20-22-29)33(38)25-37(31-18-12-11-13-27(31)3)42(40,41)30-16-9-6-10-17-30/h5-22,32H,4,23-25H2,1-3H3,(H,35,39)/t32-/m1/s1. The molecular formula is C34H37N3O4S. The van der Waals surface area contributed by atoms with E-state index in [-0.39, 0.29) is 23.8 Å². The molecule has 1 atom stereocenters. The molecule has 0 spiro atoms. The number of sulfonamides is 1. The van der Waals surface area contributed by atoms with Crippen LogP contribution in [-0.4, -0.2) is 44.3 Å². The fourth-order valence-electron chi connectivity index (χ4n) is 4.81. The third-order valence-corrected chi connectivity index (χ3v) is 8.86. The minimum atomic E-state index is -4.11. The molecule has 0 aliphatic carbocycles. The van der Waals surface area contributed by atoms with Gasteiger partial charge in [-0.15, -0.1) is 0 Å². The average molecular weight is 584 g/mol. The predicted molar refractivity (Wildman–Crippen MR) is 166 cm³/mol. The van der Waals surface area contributed by atoms with Gasteiger partial charge in [0.15, 0.2) is 0 Å². The van der Waals surface area contributed by atoms with Gasteiger partial charge in [-0.25, -0.2) is 8.42 Å². The van der Waals surface area contributed by atoms with Crippen LogP contribution in [0.3, 0.4) is 0 Å². The number of hydrogen-bond acceptors (Lipinski definition) is 4. The van der Waals surface area contributed by atoms with Gasteiger partial charge >= 0.3 is 0 Å². The zero-order valence-corrected chi connectivity index (χ0v) is 25.1. The van der Waals surface area contributed by atoms with Crippen molar-refractivity contribution in [3.63, 3.8) is 0 Å². The van der Waals surface area contributed by atoms with Crippen molar-refractivity contribution >= 4 is 27.5 Å². The molecule has 2 amide bonds. The van der Waals surface area contributed by atoms with Crippen molar-refractivity contribution in [2.75, 3.05) is 17.4 Å². The summed E-state index contributed by atoms with van der Waals surface area (Å²) in [5.74, 6) is -0.777. The Hall–Kier alpha value is -4.43. The number of para-hydroxylation sites is 1. The van der Waals surface area contributed by atoms with Gasteiger partial charge in [-0.2, -0.15) is 0 Å². The summed E-state index contributed by atoms with van der Waals surface area (Å²) in [6, 6.07) is 31.6. The first kappa shape index (κ1) is 30.5. The largest absolute Gasteiger partial charge is 0.355 e. The molecule has 4 aromatic carbocycles. The van der Waals surface area contributed by atoms with E-state index in [1.165, 1.54) is 17.0 Å². The molecule has 0 bridgehead atoms. The number of rotatable bonds is 12. The highest BCUT2D eigenvalue weighted by atomic mass is 32.2. The highest BCUT2D eigenvalue weighted by Gasteiger charge is 2.34. The van der Waals surface area contributed by atoms with Crippen LogP contribution in [0, 0.1) is 13.8 Å². The summed E-state index contributed by atoms with van der Waals surface area (Å²) in [6.45, 7) is 5.68. The van der Waals surface area contributed by atoms with E-state index >= 15 is 0 Å². The van der Waals surface area contributed by atoms with Gasteiger partial charge in [-0.3, -0.25) is 13.9 Å². The van der Waals surface area contributed by atoms with Crippen molar-refractivity contribution in [2.45, 2.75) is 44.7 Å². The van der Waals surface area contributed by atoms with E-state index in [1.54, 1.807) is 30.3 Å². The van der Waals surface area contributed by atoms with E-state index in [9.17, 15) is 18.0 Å². The Bertz CT molecular complexity index is 1590. The normalized spacial score (nSPS) is 11.9. The average Bonchev–Trinajstić information content (AvgIpc) is 3.00. The van der Waals surface area contributed by atoms with Crippen molar-refractivity contribution in [1.29, 1.82) is 0 Å². The topological polar surface area (TPSA) is 86.8 Å². The first-order valence-corrected chi connectivity index (χ1v) is 15.4.